The van der Waals surface area contributed by atoms with Crippen molar-refractivity contribution in [2.75, 3.05) is 11.5 Å². The maximum absolute atomic E-state index is 12.3. The fourth-order valence-electron chi connectivity index (χ4n) is 0.763. The van der Waals surface area contributed by atoms with Crippen molar-refractivity contribution in [1.82, 2.24) is 0 Å². The first kappa shape index (κ1) is 16.4. The fraction of sp³-hybridized carbons (Fsp3) is 1.00. The van der Waals surface area contributed by atoms with E-state index >= 15 is 0 Å². The Kier molecular flexibility index (Phi) is 4.77. The van der Waals surface area contributed by atoms with E-state index in [2.05, 4.69) is 0 Å². The Morgan fingerprint density at radius 2 is 1.00 bits per heavy atom. The van der Waals surface area contributed by atoms with Crippen molar-refractivity contribution in [1.29, 1.82) is 0 Å². The zero-order valence-electron chi connectivity index (χ0n) is 7.82. The van der Waals surface area contributed by atoms with E-state index in [1.54, 1.807) is 0 Å². The third kappa shape index (κ3) is 5.04. The molecule has 0 spiro atoms. The molecule has 0 aliphatic rings. The number of sulfone groups is 1. The van der Waals surface area contributed by atoms with Crippen molar-refractivity contribution in [3.63, 3.8) is 0 Å². The van der Waals surface area contributed by atoms with Gasteiger partial charge in [-0.15, -0.1) is 0 Å². The third-order valence-electron chi connectivity index (χ3n) is 1.46. The predicted molar refractivity (Wildman–Crippen MR) is 40.6 cm³/mol. The highest BCUT2D eigenvalue weighted by atomic mass is 32.2. The predicted octanol–water partition coefficient (Wildman–Crippen LogP) is 2.20. The molecule has 104 valence electrons. The quantitative estimate of drug-likeness (QED) is 0.704. The normalized spacial score (nSPS) is 14.7. The summed E-state index contributed by atoms with van der Waals surface area (Å²) in [6.07, 6.45) is -8.78. The monoisotopic (exact) mass is 294 g/mol. The minimum Gasteiger partial charge on any atom is -0.228 e. The van der Waals surface area contributed by atoms with Crippen LogP contribution in [0.4, 0.5) is 35.1 Å². The second-order valence-corrected chi connectivity index (χ2v) is 5.22. The Balaban J connectivity index is 4.85. The second-order valence-electron chi connectivity index (χ2n) is 3.16. The molecule has 0 aromatic carbocycles. The smallest absolute Gasteiger partial charge is 0.228 e. The van der Waals surface area contributed by atoms with Crippen molar-refractivity contribution in [3.8, 4) is 0 Å². The first-order valence-electron chi connectivity index (χ1n) is 3.82. The van der Waals surface area contributed by atoms with Gasteiger partial charge in [-0.05, 0) is 0 Å². The highest BCUT2D eigenvalue weighted by molar-refractivity contribution is 7.91. The van der Waals surface area contributed by atoms with Crippen LogP contribution in [0, 0.1) is 0 Å². The van der Waals surface area contributed by atoms with E-state index in [0.717, 1.165) is 0 Å². The minimum atomic E-state index is -5.45. The number of rotatable bonds is 6. The summed E-state index contributed by atoms with van der Waals surface area (Å²) in [6, 6.07) is 0. The van der Waals surface area contributed by atoms with Crippen LogP contribution in [0.25, 0.3) is 0 Å². The van der Waals surface area contributed by atoms with Gasteiger partial charge < -0.3 is 0 Å². The van der Waals surface area contributed by atoms with Gasteiger partial charge in [0.15, 0.2) is 9.84 Å². The van der Waals surface area contributed by atoms with Gasteiger partial charge in [0.2, 0.25) is 0 Å². The van der Waals surface area contributed by atoms with Gasteiger partial charge in [-0.3, -0.25) is 0 Å². The molecule has 0 saturated carbocycles. The Morgan fingerprint density at radius 3 is 1.18 bits per heavy atom. The van der Waals surface area contributed by atoms with Crippen molar-refractivity contribution >= 4 is 9.84 Å². The molecule has 0 saturated heterocycles. The second kappa shape index (κ2) is 4.94. The van der Waals surface area contributed by atoms with Gasteiger partial charge in [-0.2, -0.15) is 17.6 Å². The molecule has 0 aromatic rings. The average Bonchev–Trinajstić information content (AvgIpc) is 1.98. The summed E-state index contributed by atoms with van der Waals surface area (Å²) in [5.41, 5.74) is 0. The summed E-state index contributed by atoms with van der Waals surface area (Å²) < 4.78 is 117. The molecule has 0 radical (unpaired) electrons. The van der Waals surface area contributed by atoms with E-state index < -0.39 is 46.0 Å². The van der Waals surface area contributed by atoms with Crippen LogP contribution >= 0.6 is 0 Å². The zero-order valence-corrected chi connectivity index (χ0v) is 8.63. The maximum atomic E-state index is 12.3. The summed E-state index contributed by atoms with van der Waals surface area (Å²) in [5.74, 6) is -15.3. The number of hydrogen-bond acceptors (Lipinski definition) is 2. The lowest BCUT2D eigenvalue weighted by Crippen LogP contribution is -2.42. The van der Waals surface area contributed by atoms with Gasteiger partial charge in [0.1, 0.15) is 11.5 Å². The van der Waals surface area contributed by atoms with Gasteiger partial charge in [-0.25, -0.2) is 26.0 Å². The summed E-state index contributed by atoms with van der Waals surface area (Å²) in [5, 5.41) is 0. The fourth-order valence-corrected chi connectivity index (χ4v) is 2.29. The molecular weight excluding hydrogens is 288 g/mol. The molecule has 0 N–H and O–H groups in total. The number of alkyl halides is 8. The van der Waals surface area contributed by atoms with Crippen LogP contribution in [-0.2, 0) is 9.84 Å². The molecule has 0 bridgehead atoms. The highest BCUT2D eigenvalue weighted by Gasteiger charge is 2.50. The molecule has 0 atom stereocenters. The van der Waals surface area contributed by atoms with Crippen LogP contribution in [-0.4, -0.2) is 44.6 Å². The van der Waals surface area contributed by atoms with Crippen LogP contribution in [0.3, 0.4) is 0 Å². The Hall–Kier alpha value is -0.610. The van der Waals surface area contributed by atoms with Gasteiger partial charge in [-0.1, -0.05) is 0 Å². The van der Waals surface area contributed by atoms with Crippen LogP contribution < -0.4 is 0 Å². The number of hydrogen-bond donors (Lipinski definition) is 0. The largest absolute Gasteiger partial charge is 0.321 e. The molecule has 0 aliphatic heterocycles. The van der Waals surface area contributed by atoms with Crippen molar-refractivity contribution in [3.05, 3.63) is 0 Å². The van der Waals surface area contributed by atoms with Crippen molar-refractivity contribution < 1.29 is 43.5 Å². The summed E-state index contributed by atoms with van der Waals surface area (Å²) in [6.45, 7) is 0. The van der Waals surface area contributed by atoms with Crippen molar-refractivity contribution in [2.24, 2.45) is 0 Å². The standard InChI is InChI=1S/C6H6F8O2S/c7-3(8)5(11,12)1-17(15,16)2-6(13,14)4(9)10/h3-4H,1-2H2. The summed E-state index contributed by atoms with van der Waals surface area (Å²) >= 11 is 0. The van der Waals surface area contributed by atoms with Crippen LogP contribution in [0.5, 0.6) is 0 Å². The van der Waals surface area contributed by atoms with Crippen molar-refractivity contribution in [2.45, 2.75) is 24.7 Å². The molecule has 0 heterocycles. The van der Waals surface area contributed by atoms with E-state index in [1.165, 1.54) is 0 Å². The van der Waals surface area contributed by atoms with E-state index in [1.807, 2.05) is 0 Å². The zero-order chi connectivity index (χ0) is 14.1. The lowest BCUT2D eigenvalue weighted by molar-refractivity contribution is -0.116. The molecule has 0 aliphatic carbocycles. The molecule has 17 heavy (non-hydrogen) atoms. The SMILES string of the molecule is O=S(=O)(CC(F)(F)C(F)F)CC(F)(F)C(F)F. The maximum Gasteiger partial charge on any atom is 0.321 e. The van der Waals surface area contributed by atoms with Gasteiger partial charge in [0.25, 0.3) is 0 Å². The van der Waals surface area contributed by atoms with Gasteiger partial charge in [0, 0.05) is 0 Å². The Labute approximate surface area is 90.5 Å². The van der Waals surface area contributed by atoms with E-state index in [9.17, 15) is 43.5 Å². The Bertz CT molecular complexity index is 321. The van der Waals surface area contributed by atoms with E-state index in [0.29, 0.717) is 0 Å². The molecular formula is C6H6F8O2S. The highest BCUT2D eigenvalue weighted by Crippen LogP contribution is 2.29. The Morgan fingerprint density at radius 1 is 0.765 bits per heavy atom. The molecule has 0 amide bonds. The van der Waals surface area contributed by atoms with Crippen LogP contribution in [0.2, 0.25) is 0 Å². The lowest BCUT2D eigenvalue weighted by Gasteiger charge is -2.18. The van der Waals surface area contributed by atoms with E-state index in [4.69, 9.17) is 0 Å². The lowest BCUT2D eigenvalue weighted by atomic mass is 10.4. The summed E-state index contributed by atoms with van der Waals surface area (Å²) in [7, 11) is -5.45. The van der Waals surface area contributed by atoms with Crippen LogP contribution in [0.15, 0.2) is 0 Å². The first-order chi connectivity index (χ1) is 7.30. The minimum absolute atomic E-state index is 2.61. The van der Waals surface area contributed by atoms with E-state index in [-0.39, 0.29) is 0 Å². The third-order valence-corrected chi connectivity index (χ3v) is 3.11. The molecule has 0 rings (SSSR count). The first-order valence-corrected chi connectivity index (χ1v) is 5.65. The molecule has 0 aromatic heterocycles. The van der Waals surface area contributed by atoms with Gasteiger partial charge >= 0.3 is 24.7 Å². The number of halogens is 8. The van der Waals surface area contributed by atoms with Gasteiger partial charge in [0.05, 0.1) is 0 Å². The molecule has 0 unspecified atom stereocenters. The molecule has 11 heteroatoms. The topological polar surface area (TPSA) is 34.1 Å². The average molecular weight is 294 g/mol. The molecule has 2 nitrogen and oxygen atoms in total. The summed E-state index contributed by atoms with van der Waals surface area (Å²) in [4.78, 5) is 0. The molecule has 0 fully saturated rings. The van der Waals surface area contributed by atoms with Crippen LogP contribution in [0.1, 0.15) is 0 Å².